The predicted molar refractivity (Wildman–Crippen MR) is 155 cm³/mol. The second-order valence-electron chi connectivity index (χ2n) is 12.5. The van der Waals surface area contributed by atoms with Gasteiger partial charge in [0.25, 0.3) is 0 Å². The maximum absolute atomic E-state index is 12.3. The minimum Gasteiger partial charge on any atom is -0.473 e. The third-order valence-electron chi connectivity index (χ3n) is 8.33. The van der Waals surface area contributed by atoms with Crippen molar-refractivity contribution >= 4 is 29.2 Å². The number of amides is 1. The number of halogens is 1. The first-order valence-corrected chi connectivity index (χ1v) is 14.6. The Bertz CT molecular complexity index is 1240. The van der Waals surface area contributed by atoms with Crippen LogP contribution in [0, 0.1) is 16.7 Å². The Morgan fingerprint density at radius 2 is 1.82 bits per heavy atom. The van der Waals surface area contributed by atoms with Crippen molar-refractivity contribution in [3.05, 3.63) is 40.9 Å². The van der Waals surface area contributed by atoms with E-state index in [2.05, 4.69) is 33.0 Å². The fourth-order valence-corrected chi connectivity index (χ4v) is 6.43. The summed E-state index contributed by atoms with van der Waals surface area (Å²) in [4.78, 5) is 18.8. The summed E-state index contributed by atoms with van der Waals surface area (Å²) in [6.07, 6.45) is 4.54. The van der Waals surface area contributed by atoms with Crippen LogP contribution in [0.2, 0.25) is 5.02 Å². The zero-order valence-corrected chi connectivity index (χ0v) is 24.7. The summed E-state index contributed by atoms with van der Waals surface area (Å²) in [5, 5.41) is 18.6. The molecule has 40 heavy (non-hydrogen) atoms. The van der Waals surface area contributed by atoms with Gasteiger partial charge < -0.3 is 24.2 Å². The van der Waals surface area contributed by atoms with Crippen molar-refractivity contribution in [2.24, 2.45) is 5.41 Å². The fraction of sp³-hybridized carbons (Fsp3) is 0.600. The Labute approximate surface area is 242 Å². The highest BCUT2D eigenvalue weighted by atomic mass is 35.5. The van der Waals surface area contributed by atoms with Crippen molar-refractivity contribution in [2.45, 2.75) is 77.5 Å². The lowest BCUT2D eigenvalue weighted by Crippen LogP contribution is -2.44. The van der Waals surface area contributed by atoms with E-state index < -0.39 is 5.60 Å². The van der Waals surface area contributed by atoms with Crippen LogP contribution in [0.3, 0.4) is 0 Å². The molecule has 0 N–H and O–H groups in total. The summed E-state index contributed by atoms with van der Waals surface area (Å²) in [6.45, 7) is 12.0. The van der Waals surface area contributed by atoms with E-state index in [1.54, 1.807) is 4.90 Å². The molecule has 3 saturated heterocycles. The standard InChI is InChI=1S/C30H39ClN6O3/c1-21-18-30(20-37(21)23-6-5-22(19-32)25(31)17-23)11-15-35(16-12-30)26-7-8-27(34-33-26)39-24-9-13-36(14-10-24)28(38)40-29(2,3)4/h5-8,17,21,24H,9-16,18,20H2,1-4H3/t21-/m0/s1. The molecule has 1 aromatic carbocycles. The molecule has 10 heteroatoms. The summed E-state index contributed by atoms with van der Waals surface area (Å²) in [6, 6.07) is 12.2. The number of rotatable bonds is 4. The Balaban J connectivity index is 1.11. The summed E-state index contributed by atoms with van der Waals surface area (Å²) in [5.74, 6) is 1.40. The number of nitrogens with zero attached hydrogens (tertiary/aromatic N) is 6. The molecule has 0 radical (unpaired) electrons. The number of hydrogen-bond acceptors (Lipinski definition) is 8. The van der Waals surface area contributed by atoms with Crippen LogP contribution in [-0.4, -0.2) is 71.7 Å². The monoisotopic (exact) mass is 566 g/mol. The molecule has 9 nitrogen and oxygen atoms in total. The van der Waals surface area contributed by atoms with Crippen molar-refractivity contribution in [1.29, 1.82) is 5.26 Å². The number of carbonyl (C=O) groups excluding carboxylic acids is 1. The summed E-state index contributed by atoms with van der Waals surface area (Å²) in [7, 11) is 0. The van der Waals surface area contributed by atoms with Gasteiger partial charge in [0.15, 0.2) is 5.82 Å². The van der Waals surface area contributed by atoms with E-state index in [1.807, 2.05) is 51.1 Å². The lowest BCUT2D eigenvalue weighted by molar-refractivity contribution is 0.0122. The number of nitriles is 1. The molecule has 3 aliphatic rings. The molecule has 0 aliphatic carbocycles. The summed E-state index contributed by atoms with van der Waals surface area (Å²) in [5.41, 5.74) is 1.38. The van der Waals surface area contributed by atoms with Crippen molar-refractivity contribution in [2.75, 3.05) is 42.5 Å². The van der Waals surface area contributed by atoms with Crippen LogP contribution in [0.4, 0.5) is 16.3 Å². The maximum Gasteiger partial charge on any atom is 0.410 e. The Morgan fingerprint density at radius 3 is 2.42 bits per heavy atom. The largest absolute Gasteiger partial charge is 0.473 e. The molecule has 1 atom stereocenters. The molecule has 5 rings (SSSR count). The van der Waals surface area contributed by atoms with Crippen LogP contribution in [0.15, 0.2) is 30.3 Å². The van der Waals surface area contributed by atoms with E-state index in [0.29, 0.717) is 35.6 Å². The SMILES string of the molecule is C[C@H]1CC2(CCN(c3ccc(OC4CCN(C(=O)OC(C)(C)C)CC4)nn3)CC2)CN1c1ccc(C#N)c(Cl)c1. The minimum atomic E-state index is -0.493. The molecule has 0 saturated carbocycles. The number of hydrogen-bond donors (Lipinski definition) is 0. The third kappa shape index (κ3) is 6.38. The number of benzene rings is 1. The van der Waals surface area contributed by atoms with Gasteiger partial charge in [-0.05, 0) is 76.6 Å². The predicted octanol–water partition coefficient (Wildman–Crippen LogP) is 5.67. The molecule has 4 heterocycles. The van der Waals surface area contributed by atoms with E-state index in [1.165, 1.54) is 0 Å². The van der Waals surface area contributed by atoms with E-state index in [9.17, 15) is 10.1 Å². The normalized spacial score (nSPS) is 21.4. The number of aromatic nitrogens is 2. The van der Waals surface area contributed by atoms with Crippen LogP contribution in [0.5, 0.6) is 5.88 Å². The van der Waals surface area contributed by atoms with Gasteiger partial charge in [0, 0.05) is 63.4 Å². The van der Waals surface area contributed by atoms with E-state index in [-0.39, 0.29) is 17.6 Å². The molecule has 0 bridgehead atoms. The van der Waals surface area contributed by atoms with Crippen LogP contribution in [0.25, 0.3) is 0 Å². The van der Waals surface area contributed by atoms with Crippen molar-refractivity contribution in [3.63, 3.8) is 0 Å². The Hall–Kier alpha value is -3.25. The first-order chi connectivity index (χ1) is 19.0. The topological polar surface area (TPSA) is 94.8 Å². The van der Waals surface area contributed by atoms with Crippen LogP contribution >= 0.6 is 11.6 Å². The van der Waals surface area contributed by atoms with Gasteiger partial charge in [0.05, 0.1) is 10.6 Å². The molecule has 3 aliphatic heterocycles. The average molecular weight is 567 g/mol. The average Bonchev–Trinajstić information content (AvgIpc) is 3.24. The molecular weight excluding hydrogens is 528 g/mol. The molecule has 214 valence electrons. The number of anilines is 2. The van der Waals surface area contributed by atoms with Gasteiger partial charge in [-0.3, -0.25) is 0 Å². The highest BCUT2D eigenvalue weighted by molar-refractivity contribution is 6.32. The molecule has 3 fully saturated rings. The second kappa shape index (κ2) is 11.3. The Morgan fingerprint density at radius 1 is 1.10 bits per heavy atom. The fourth-order valence-electron chi connectivity index (χ4n) is 6.21. The molecule has 1 spiro atoms. The first-order valence-electron chi connectivity index (χ1n) is 14.2. The van der Waals surface area contributed by atoms with Gasteiger partial charge in [0.2, 0.25) is 5.88 Å². The lowest BCUT2D eigenvalue weighted by Gasteiger charge is -2.39. The zero-order chi connectivity index (χ0) is 28.5. The highest BCUT2D eigenvalue weighted by Gasteiger charge is 2.44. The van der Waals surface area contributed by atoms with Crippen molar-refractivity contribution in [3.8, 4) is 11.9 Å². The van der Waals surface area contributed by atoms with E-state index in [4.69, 9.17) is 21.1 Å². The van der Waals surface area contributed by atoms with Gasteiger partial charge in [-0.1, -0.05) is 11.6 Å². The van der Waals surface area contributed by atoms with Crippen LogP contribution in [0.1, 0.15) is 65.4 Å². The molecule has 1 amide bonds. The number of likely N-dealkylation sites (tertiary alicyclic amines) is 1. The third-order valence-corrected chi connectivity index (χ3v) is 8.64. The highest BCUT2D eigenvalue weighted by Crippen LogP contribution is 2.45. The summed E-state index contributed by atoms with van der Waals surface area (Å²) >= 11 is 6.33. The van der Waals surface area contributed by atoms with Gasteiger partial charge >= 0.3 is 6.09 Å². The van der Waals surface area contributed by atoms with Gasteiger partial charge in [-0.15, -0.1) is 10.2 Å². The minimum absolute atomic E-state index is 0.00645. The second-order valence-corrected chi connectivity index (χ2v) is 12.9. The Kier molecular flexibility index (Phi) is 8.01. The first kappa shape index (κ1) is 28.3. The number of ether oxygens (including phenoxy) is 2. The van der Waals surface area contributed by atoms with E-state index in [0.717, 1.165) is 63.2 Å². The zero-order valence-electron chi connectivity index (χ0n) is 23.9. The molecular formula is C30H39ClN6O3. The van der Waals surface area contributed by atoms with Crippen molar-refractivity contribution < 1.29 is 14.3 Å². The molecule has 2 aromatic rings. The van der Waals surface area contributed by atoms with E-state index >= 15 is 0 Å². The smallest absolute Gasteiger partial charge is 0.410 e. The van der Waals surface area contributed by atoms with Gasteiger partial charge in [0.1, 0.15) is 17.8 Å². The summed E-state index contributed by atoms with van der Waals surface area (Å²) < 4.78 is 11.6. The number of carbonyl (C=O) groups is 1. The molecule has 1 aromatic heterocycles. The van der Waals surface area contributed by atoms with Gasteiger partial charge in [-0.2, -0.15) is 5.26 Å². The quantitative estimate of drug-likeness (QED) is 0.467. The van der Waals surface area contributed by atoms with Crippen molar-refractivity contribution in [1.82, 2.24) is 15.1 Å². The number of piperidine rings is 2. The van der Waals surface area contributed by atoms with Crippen LogP contribution < -0.4 is 14.5 Å². The van der Waals surface area contributed by atoms with Crippen LogP contribution in [-0.2, 0) is 4.74 Å². The van der Waals surface area contributed by atoms with Gasteiger partial charge in [-0.25, -0.2) is 4.79 Å². The lowest BCUT2D eigenvalue weighted by atomic mass is 9.77. The molecule has 0 unspecified atom stereocenters. The maximum atomic E-state index is 12.3.